The molecule has 182 valence electrons. The monoisotopic (exact) mass is 492 g/mol. The Morgan fingerprint density at radius 2 is 2.00 bits per heavy atom. The van der Waals surface area contributed by atoms with E-state index in [4.69, 9.17) is 9.47 Å². The summed E-state index contributed by atoms with van der Waals surface area (Å²) in [7, 11) is -4.18. The molecule has 0 saturated carbocycles. The molecular formula is C21H24F4N2O5S. The molecule has 3 heterocycles. The molecule has 7 nitrogen and oxygen atoms in total. The molecule has 1 aromatic heterocycles. The van der Waals surface area contributed by atoms with Crippen molar-refractivity contribution in [3.05, 3.63) is 47.3 Å². The molecule has 1 N–H and O–H groups in total. The average Bonchev–Trinajstić information content (AvgIpc) is 3.15. The maximum atomic E-state index is 13.4. The quantitative estimate of drug-likeness (QED) is 0.623. The van der Waals surface area contributed by atoms with Crippen molar-refractivity contribution in [2.24, 2.45) is 0 Å². The van der Waals surface area contributed by atoms with Gasteiger partial charge in [0, 0.05) is 6.61 Å². The molecule has 0 bridgehead atoms. The first-order valence-electron chi connectivity index (χ1n) is 10.3. The van der Waals surface area contributed by atoms with Gasteiger partial charge in [-0.3, -0.25) is 4.68 Å². The number of aromatic nitrogens is 2. The predicted molar refractivity (Wildman–Crippen MR) is 108 cm³/mol. The molecule has 2 aliphatic rings. The number of halogens is 4. The molecule has 2 aliphatic heterocycles. The van der Waals surface area contributed by atoms with E-state index in [1.165, 1.54) is 17.7 Å². The van der Waals surface area contributed by atoms with Gasteiger partial charge in [0.25, 0.3) is 0 Å². The van der Waals surface area contributed by atoms with Crippen LogP contribution in [0.15, 0.2) is 35.2 Å². The zero-order valence-electron chi connectivity index (χ0n) is 17.8. The van der Waals surface area contributed by atoms with Crippen molar-refractivity contribution in [3.8, 4) is 0 Å². The van der Waals surface area contributed by atoms with E-state index in [0.717, 1.165) is 18.2 Å². The van der Waals surface area contributed by atoms with Gasteiger partial charge in [0.15, 0.2) is 9.84 Å². The molecular weight excluding hydrogens is 468 g/mol. The Kier molecular flexibility index (Phi) is 6.09. The zero-order valence-corrected chi connectivity index (χ0v) is 18.6. The number of hydrogen-bond acceptors (Lipinski definition) is 6. The molecule has 2 unspecified atom stereocenters. The summed E-state index contributed by atoms with van der Waals surface area (Å²) in [5, 5.41) is 14.6. The predicted octanol–water partition coefficient (Wildman–Crippen LogP) is 3.22. The number of rotatable bonds is 6. The zero-order chi connectivity index (χ0) is 24.1. The van der Waals surface area contributed by atoms with E-state index in [-0.39, 0.29) is 44.9 Å². The van der Waals surface area contributed by atoms with Crippen LogP contribution in [0.1, 0.15) is 42.8 Å². The number of hydrogen-bond donors (Lipinski definition) is 1. The first-order valence-corrected chi connectivity index (χ1v) is 11.8. The third-order valence-electron chi connectivity index (χ3n) is 6.20. The lowest BCUT2D eigenvalue weighted by Gasteiger charge is -2.39. The van der Waals surface area contributed by atoms with E-state index in [1.54, 1.807) is 0 Å². The average molecular weight is 492 g/mol. The topological polar surface area (TPSA) is 90.7 Å². The Morgan fingerprint density at radius 3 is 2.61 bits per heavy atom. The van der Waals surface area contributed by atoms with Crippen LogP contribution in [0.5, 0.6) is 0 Å². The van der Waals surface area contributed by atoms with Gasteiger partial charge in [-0.15, -0.1) is 0 Å². The van der Waals surface area contributed by atoms with Crippen molar-refractivity contribution in [3.63, 3.8) is 0 Å². The van der Waals surface area contributed by atoms with Crippen LogP contribution in [-0.2, 0) is 38.7 Å². The summed E-state index contributed by atoms with van der Waals surface area (Å²) in [6.45, 7) is 0.834. The highest BCUT2D eigenvalue weighted by molar-refractivity contribution is 7.92. The summed E-state index contributed by atoms with van der Waals surface area (Å²) in [6, 6.07) is 5.14. The number of ether oxygens (including phenoxy) is 2. The van der Waals surface area contributed by atoms with Crippen LogP contribution in [0.4, 0.5) is 17.6 Å². The Labute approximate surface area is 188 Å². The van der Waals surface area contributed by atoms with Crippen molar-refractivity contribution < 1.29 is 40.6 Å². The molecule has 4 rings (SSSR count). The van der Waals surface area contributed by atoms with Crippen LogP contribution in [0.2, 0.25) is 0 Å². The lowest BCUT2D eigenvalue weighted by Crippen LogP contribution is -2.53. The third kappa shape index (κ3) is 4.53. The molecule has 2 fully saturated rings. The summed E-state index contributed by atoms with van der Waals surface area (Å²) in [4.78, 5) is -0.417. The molecule has 2 saturated heterocycles. The van der Waals surface area contributed by atoms with Gasteiger partial charge >= 0.3 is 6.18 Å². The summed E-state index contributed by atoms with van der Waals surface area (Å²) in [5.41, 5.74) is -1.72. The van der Waals surface area contributed by atoms with E-state index in [1.807, 2.05) is 0 Å². The van der Waals surface area contributed by atoms with E-state index < -0.39 is 49.6 Å². The molecule has 33 heavy (non-hydrogen) atoms. The maximum absolute atomic E-state index is 13.4. The minimum atomic E-state index is -4.68. The second kappa shape index (κ2) is 8.33. The van der Waals surface area contributed by atoms with Gasteiger partial charge in [-0.25, -0.2) is 12.8 Å². The van der Waals surface area contributed by atoms with E-state index >= 15 is 0 Å². The summed E-state index contributed by atoms with van der Waals surface area (Å²) < 4.78 is 90.4. The summed E-state index contributed by atoms with van der Waals surface area (Å²) in [5.74, 6) is 0. The normalized spacial score (nSPS) is 25.6. The lowest BCUT2D eigenvalue weighted by molar-refractivity contribution is -0.187. The highest BCUT2D eigenvalue weighted by atomic mass is 32.2. The molecule has 0 radical (unpaired) electrons. The van der Waals surface area contributed by atoms with Crippen LogP contribution in [0.3, 0.4) is 0 Å². The second-order valence-electron chi connectivity index (χ2n) is 8.86. The molecule has 0 amide bonds. The maximum Gasteiger partial charge on any atom is 0.416 e. The van der Waals surface area contributed by atoms with Gasteiger partial charge in [-0.1, -0.05) is 6.07 Å². The highest BCUT2D eigenvalue weighted by Gasteiger charge is 2.47. The molecule has 0 aliphatic carbocycles. The van der Waals surface area contributed by atoms with Crippen LogP contribution in [-0.4, -0.2) is 53.5 Å². The van der Waals surface area contributed by atoms with Gasteiger partial charge in [0.1, 0.15) is 18.4 Å². The third-order valence-corrected chi connectivity index (χ3v) is 8.74. The number of aliphatic hydroxyl groups is 1. The fraction of sp³-hybridized carbons (Fsp3) is 0.571. The summed E-state index contributed by atoms with van der Waals surface area (Å²) in [6.07, 6.45) is -5.48. The fourth-order valence-electron chi connectivity index (χ4n) is 4.17. The van der Waals surface area contributed by atoms with Gasteiger partial charge in [-0.2, -0.15) is 18.3 Å². The van der Waals surface area contributed by atoms with Gasteiger partial charge in [0.05, 0.1) is 46.4 Å². The Morgan fingerprint density at radius 1 is 1.27 bits per heavy atom. The Balaban J connectivity index is 1.65. The van der Waals surface area contributed by atoms with Crippen LogP contribution in [0, 0.1) is 0 Å². The molecule has 0 spiro atoms. The van der Waals surface area contributed by atoms with Gasteiger partial charge in [0.2, 0.25) is 0 Å². The van der Waals surface area contributed by atoms with Crippen LogP contribution < -0.4 is 0 Å². The number of sulfone groups is 1. The van der Waals surface area contributed by atoms with Crippen molar-refractivity contribution in [1.29, 1.82) is 0 Å². The number of alkyl halides is 4. The van der Waals surface area contributed by atoms with Crippen molar-refractivity contribution in [2.75, 3.05) is 19.8 Å². The highest BCUT2D eigenvalue weighted by Crippen LogP contribution is 2.43. The standard InChI is InChI=1S/C21H24F4N2O5S/c1-19(33(29,30)16-4-2-3-14(7-16)21(23,24)25)5-6-32-18(9-19)17-8-15(10-22)26-27(17)11-20(28)12-31-13-20/h2-4,7-8,18,28H,5-6,9-13H2,1H3. The first kappa shape index (κ1) is 24.1. The Hall–Kier alpha value is -2.02. The Bertz CT molecular complexity index is 1130. The van der Waals surface area contributed by atoms with E-state index in [2.05, 4.69) is 5.10 Å². The second-order valence-corrected chi connectivity index (χ2v) is 11.3. The van der Waals surface area contributed by atoms with Gasteiger partial charge < -0.3 is 14.6 Å². The largest absolute Gasteiger partial charge is 0.416 e. The van der Waals surface area contributed by atoms with E-state index in [9.17, 15) is 31.1 Å². The number of benzene rings is 1. The van der Waals surface area contributed by atoms with Crippen molar-refractivity contribution >= 4 is 9.84 Å². The molecule has 1 aromatic carbocycles. The van der Waals surface area contributed by atoms with Crippen molar-refractivity contribution in [2.45, 2.75) is 60.5 Å². The van der Waals surface area contributed by atoms with Crippen molar-refractivity contribution in [1.82, 2.24) is 9.78 Å². The lowest BCUT2D eigenvalue weighted by atomic mass is 9.94. The molecule has 2 aromatic rings. The SMILES string of the molecule is CC1(S(=O)(=O)c2cccc(C(F)(F)F)c2)CCOC(c2cc(CF)nn2CC2(O)COC2)C1. The van der Waals surface area contributed by atoms with Crippen LogP contribution >= 0.6 is 0 Å². The van der Waals surface area contributed by atoms with Gasteiger partial charge in [-0.05, 0) is 44.0 Å². The minimum Gasteiger partial charge on any atom is -0.383 e. The van der Waals surface area contributed by atoms with Crippen LogP contribution in [0.25, 0.3) is 0 Å². The van der Waals surface area contributed by atoms with E-state index in [0.29, 0.717) is 11.8 Å². The first-order chi connectivity index (χ1) is 15.4. The number of nitrogens with zero attached hydrogens (tertiary/aromatic N) is 2. The fourth-order valence-corrected chi connectivity index (χ4v) is 6.01. The molecule has 2 atom stereocenters. The summed E-state index contributed by atoms with van der Waals surface area (Å²) >= 11 is 0. The smallest absolute Gasteiger partial charge is 0.383 e. The minimum absolute atomic E-state index is 0.0132. The molecule has 12 heteroatoms.